The topological polar surface area (TPSA) is 41.9 Å². The van der Waals surface area contributed by atoms with Gasteiger partial charge in [-0.3, -0.25) is 0 Å². The van der Waals surface area contributed by atoms with Crippen LogP contribution in [-0.2, 0) is 6.42 Å². The largest absolute Gasteiger partial charge is 0.493 e. The first-order valence-electron chi connectivity index (χ1n) is 8.11. The number of aliphatic hydroxyl groups excluding tert-OH is 1. The lowest BCUT2D eigenvalue weighted by Gasteiger charge is -2.45. The van der Waals surface area contributed by atoms with Gasteiger partial charge in [0.15, 0.2) is 11.5 Å². The number of methoxy groups -OCH3 is 1. The Labute approximate surface area is 130 Å². The van der Waals surface area contributed by atoms with Crippen molar-refractivity contribution in [3.05, 3.63) is 35.4 Å². The van der Waals surface area contributed by atoms with Crippen LogP contribution in [-0.4, -0.2) is 48.5 Å². The van der Waals surface area contributed by atoms with Gasteiger partial charge in [0, 0.05) is 36.4 Å². The van der Waals surface area contributed by atoms with Gasteiger partial charge in [0.25, 0.3) is 0 Å². The summed E-state index contributed by atoms with van der Waals surface area (Å²) in [5, 5.41) is 10.8. The molecule has 1 aromatic rings. The molecule has 1 N–H and O–H groups in total. The Morgan fingerprint density at radius 3 is 3.05 bits per heavy atom. The molecule has 0 spiro atoms. The fraction of sp³-hybridized carbons (Fsp3) is 0.556. The summed E-state index contributed by atoms with van der Waals surface area (Å²) in [7, 11) is 3.89. The van der Waals surface area contributed by atoms with E-state index in [4.69, 9.17) is 9.47 Å². The van der Waals surface area contributed by atoms with Crippen LogP contribution < -0.4 is 9.47 Å². The summed E-state index contributed by atoms with van der Waals surface area (Å²) in [6, 6.07) is 4.69. The summed E-state index contributed by atoms with van der Waals surface area (Å²) < 4.78 is 12.0. The highest BCUT2D eigenvalue weighted by Gasteiger charge is 2.62. The molecule has 5 atom stereocenters. The van der Waals surface area contributed by atoms with Gasteiger partial charge in [-0.15, -0.1) is 0 Å². The van der Waals surface area contributed by atoms with E-state index >= 15 is 0 Å². The second-order valence-electron chi connectivity index (χ2n) is 7.11. The van der Waals surface area contributed by atoms with Crippen LogP contribution in [0.15, 0.2) is 24.3 Å². The minimum Gasteiger partial charge on any atom is -0.493 e. The standard InChI is InChI=1S/C18H21NO3/c1-19-8-7-18-14(20)6-4-11-12(19)9-10-3-5-13(21-2)17(22-18)15(10)16(11)18/h3-6,11-12,14,16,20H,7-9H2,1-2H3/t11-,12?,14-,16?,18-/m0/s1. The number of ether oxygens (including phenoxy) is 2. The predicted octanol–water partition coefficient (Wildman–Crippen LogP) is 1.72. The van der Waals surface area contributed by atoms with Crippen molar-refractivity contribution in [3.63, 3.8) is 0 Å². The summed E-state index contributed by atoms with van der Waals surface area (Å²) in [4.78, 5) is 2.45. The van der Waals surface area contributed by atoms with Gasteiger partial charge in [-0.05, 0) is 25.1 Å². The van der Waals surface area contributed by atoms with Crippen LogP contribution in [0.25, 0.3) is 0 Å². The lowest BCUT2D eigenvalue weighted by molar-refractivity contribution is -0.0494. The highest BCUT2D eigenvalue weighted by Crippen LogP contribution is 2.62. The number of rotatable bonds is 1. The second-order valence-corrected chi connectivity index (χ2v) is 7.11. The van der Waals surface area contributed by atoms with Crippen molar-refractivity contribution in [1.82, 2.24) is 4.90 Å². The quantitative estimate of drug-likeness (QED) is 0.802. The zero-order valence-electron chi connectivity index (χ0n) is 13.0. The van der Waals surface area contributed by atoms with Crippen LogP contribution in [0, 0.1) is 5.92 Å². The first-order chi connectivity index (χ1) is 10.7. The molecule has 4 aliphatic rings. The Kier molecular flexibility index (Phi) is 2.39. The van der Waals surface area contributed by atoms with E-state index < -0.39 is 11.7 Å². The number of likely N-dealkylation sites (tertiary alicyclic amines) is 1. The minimum absolute atomic E-state index is 0.247. The van der Waals surface area contributed by atoms with E-state index in [9.17, 15) is 5.11 Å². The summed E-state index contributed by atoms with van der Waals surface area (Å²) in [6.07, 6.45) is 5.52. The molecule has 2 unspecified atom stereocenters. The molecule has 4 nitrogen and oxygen atoms in total. The maximum absolute atomic E-state index is 10.8. The number of aliphatic hydroxyl groups is 1. The first kappa shape index (κ1) is 13.0. The fourth-order valence-corrected chi connectivity index (χ4v) is 5.21. The van der Waals surface area contributed by atoms with Gasteiger partial charge in [0.05, 0.1) is 7.11 Å². The first-order valence-corrected chi connectivity index (χ1v) is 8.11. The van der Waals surface area contributed by atoms with Gasteiger partial charge < -0.3 is 19.5 Å². The van der Waals surface area contributed by atoms with Crippen molar-refractivity contribution in [2.24, 2.45) is 5.92 Å². The lowest BCUT2D eigenvalue weighted by atomic mass is 9.62. The van der Waals surface area contributed by atoms with Crippen LogP contribution in [0.1, 0.15) is 23.5 Å². The second kappa shape index (κ2) is 4.06. The Bertz CT molecular complexity index is 685. The number of likely N-dealkylation sites (N-methyl/N-ethyl adjacent to an activating group) is 1. The third kappa shape index (κ3) is 1.32. The van der Waals surface area contributed by atoms with Crippen LogP contribution in [0.4, 0.5) is 0 Å². The molecule has 1 saturated heterocycles. The Morgan fingerprint density at radius 1 is 1.36 bits per heavy atom. The van der Waals surface area contributed by atoms with Crippen molar-refractivity contribution in [2.45, 2.75) is 36.5 Å². The Balaban J connectivity index is 1.82. The van der Waals surface area contributed by atoms with Crippen LogP contribution >= 0.6 is 0 Å². The normalized spacial score (nSPS) is 41.0. The molecule has 22 heavy (non-hydrogen) atoms. The average molecular weight is 299 g/mol. The van der Waals surface area contributed by atoms with E-state index in [1.165, 1.54) is 11.1 Å². The van der Waals surface area contributed by atoms with Gasteiger partial charge in [0.1, 0.15) is 11.7 Å². The highest BCUT2D eigenvalue weighted by atomic mass is 16.5. The van der Waals surface area contributed by atoms with Crippen molar-refractivity contribution < 1.29 is 14.6 Å². The van der Waals surface area contributed by atoms with Gasteiger partial charge >= 0.3 is 0 Å². The average Bonchev–Trinajstić information content (AvgIpc) is 2.88. The zero-order chi connectivity index (χ0) is 15.1. The monoisotopic (exact) mass is 299 g/mol. The molecule has 0 radical (unpaired) electrons. The van der Waals surface area contributed by atoms with Crippen LogP contribution in [0.2, 0.25) is 0 Å². The molecule has 4 bridgehead atoms. The SMILES string of the molecule is COc1ccc2c3c1O[C@@]14CCN(C)C(C2)[C@H](C=C[C@@H]1O)C34. The number of hydrogen-bond acceptors (Lipinski definition) is 4. The number of hydrogen-bond donors (Lipinski definition) is 1. The van der Waals surface area contributed by atoms with Crippen molar-refractivity contribution >= 4 is 0 Å². The van der Waals surface area contributed by atoms with Gasteiger partial charge in [-0.2, -0.15) is 0 Å². The molecule has 2 aliphatic carbocycles. The maximum Gasteiger partial charge on any atom is 0.166 e. The number of nitrogens with zero attached hydrogens (tertiary/aromatic N) is 1. The van der Waals surface area contributed by atoms with Gasteiger partial charge in [-0.25, -0.2) is 0 Å². The summed E-state index contributed by atoms with van der Waals surface area (Å²) in [5.74, 6) is 2.33. The zero-order valence-corrected chi connectivity index (χ0v) is 13.0. The molecule has 4 heteroatoms. The van der Waals surface area contributed by atoms with E-state index in [2.05, 4.69) is 24.1 Å². The molecule has 2 heterocycles. The predicted molar refractivity (Wildman–Crippen MR) is 82.5 cm³/mol. The van der Waals surface area contributed by atoms with Gasteiger partial charge in [-0.1, -0.05) is 18.2 Å². The van der Waals surface area contributed by atoms with E-state index in [0.717, 1.165) is 30.9 Å². The molecule has 0 saturated carbocycles. The molecule has 116 valence electrons. The van der Waals surface area contributed by atoms with Crippen molar-refractivity contribution in [2.75, 3.05) is 20.7 Å². The van der Waals surface area contributed by atoms with E-state index in [-0.39, 0.29) is 5.92 Å². The Morgan fingerprint density at radius 2 is 2.23 bits per heavy atom. The summed E-state index contributed by atoms with van der Waals surface area (Å²) >= 11 is 0. The molecule has 2 aliphatic heterocycles. The Hall–Kier alpha value is -1.52. The molecule has 0 amide bonds. The highest BCUT2D eigenvalue weighted by molar-refractivity contribution is 5.60. The maximum atomic E-state index is 10.8. The molecular formula is C18H21NO3. The molecule has 0 aromatic heterocycles. The molecular weight excluding hydrogens is 278 g/mol. The summed E-state index contributed by atoms with van der Waals surface area (Å²) in [6.45, 7) is 0.955. The van der Waals surface area contributed by atoms with E-state index in [1.807, 2.05) is 12.1 Å². The molecule has 1 fully saturated rings. The third-order valence-electron chi connectivity index (χ3n) is 6.30. The summed E-state index contributed by atoms with van der Waals surface area (Å²) in [5.41, 5.74) is 2.13. The van der Waals surface area contributed by atoms with Crippen LogP contribution in [0.5, 0.6) is 11.5 Å². The molecule has 5 rings (SSSR count). The van der Waals surface area contributed by atoms with Crippen molar-refractivity contribution in [1.29, 1.82) is 0 Å². The van der Waals surface area contributed by atoms with Gasteiger partial charge in [0.2, 0.25) is 0 Å². The van der Waals surface area contributed by atoms with Crippen LogP contribution in [0.3, 0.4) is 0 Å². The van der Waals surface area contributed by atoms with E-state index in [0.29, 0.717) is 12.0 Å². The smallest absolute Gasteiger partial charge is 0.166 e. The van der Waals surface area contributed by atoms with E-state index in [1.54, 1.807) is 7.11 Å². The minimum atomic E-state index is -0.552. The fourth-order valence-electron chi connectivity index (χ4n) is 5.21. The third-order valence-corrected chi connectivity index (χ3v) is 6.30. The number of benzene rings is 1. The lowest BCUT2D eigenvalue weighted by Crippen LogP contribution is -2.54. The van der Waals surface area contributed by atoms with Crippen molar-refractivity contribution in [3.8, 4) is 11.5 Å². The molecule has 1 aromatic carbocycles.